The molecule has 2 aromatic heterocycles. The first-order valence-corrected chi connectivity index (χ1v) is 8.01. The van der Waals surface area contributed by atoms with Gasteiger partial charge < -0.3 is 14.2 Å². The molecule has 1 aliphatic rings. The lowest BCUT2D eigenvalue weighted by atomic mass is 9.95. The average Bonchev–Trinajstić information content (AvgIpc) is 2.91. The summed E-state index contributed by atoms with van der Waals surface area (Å²) in [6.45, 7) is 1.45. The van der Waals surface area contributed by atoms with Gasteiger partial charge in [-0.05, 0) is 30.3 Å². The van der Waals surface area contributed by atoms with Crippen molar-refractivity contribution in [3.63, 3.8) is 0 Å². The molecule has 0 atom stereocenters. The van der Waals surface area contributed by atoms with Gasteiger partial charge in [-0.15, -0.1) is 0 Å². The Bertz CT molecular complexity index is 896. The predicted octanol–water partition coefficient (Wildman–Crippen LogP) is 2.82. The van der Waals surface area contributed by atoms with Crippen LogP contribution in [0, 0.1) is 0 Å². The summed E-state index contributed by atoms with van der Waals surface area (Å²) in [6.07, 6.45) is 1.80. The molecule has 5 nitrogen and oxygen atoms in total. The molecule has 5 heteroatoms. The molecule has 4 rings (SSSR count). The van der Waals surface area contributed by atoms with Gasteiger partial charge in [-0.3, -0.25) is 9.78 Å². The standard InChI is InChI=1S/C19H19N3O2/c1-21-17-10-15(24-2)7-6-13(17)9-18(21)19(23)22-11-14(12-22)16-5-3-4-8-20-16/h3-10,14H,11-12H2,1-2H3. The highest BCUT2D eigenvalue weighted by atomic mass is 16.5. The van der Waals surface area contributed by atoms with E-state index in [1.165, 1.54) is 0 Å². The molecule has 1 saturated heterocycles. The van der Waals surface area contributed by atoms with Gasteiger partial charge in [0.05, 0.1) is 12.6 Å². The van der Waals surface area contributed by atoms with E-state index in [-0.39, 0.29) is 5.91 Å². The molecule has 0 unspecified atom stereocenters. The number of fused-ring (bicyclic) bond motifs is 1. The molecule has 1 amide bonds. The number of hydrogen-bond acceptors (Lipinski definition) is 3. The Morgan fingerprint density at radius 1 is 1.21 bits per heavy atom. The highest BCUT2D eigenvalue weighted by Gasteiger charge is 2.34. The first-order valence-electron chi connectivity index (χ1n) is 8.01. The maximum Gasteiger partial charge on any atom is 0.270 e. The van der Waals surface area contributed by atoms with Gasteiger partial charge in [0.15, 0.2) is 0 Å². The van der Waals surface area contributed by atoms with Crippen molar-refractivity contribution < 1.29 is 9.53 Å². The molecule has 122 valence electrons. The number of methoxy groups -OCH3 is 1. The summed E-state index contributed by atoms with van der Waals surface area (Å²) in [6, 6.07) is 13.7. The van der Waals surface area contributed by atoms with Crippen LogP contribution in [0.15, 0.2) is 48.7 Å². The zero-order valence-electron chi connectivity index (χ0n) is 13.8. The summed E-state index contributed by atoms with van der Waals surface area (Å²) in [5.41, 5.74) is 2.76. The fourth-order valence-corrected chi connectivity index (χ4v) is 3.25. The third-order valence-corrected chi connectivity index (χ3v) is 4.75. The number of likely N-dealkylation sites (tertiary alicyclic amines) is 1. The third-order valence-electron chi connectivity index (χ3n) is 4.75. The second kappa shape index (κ2) is 5.67. The largest absolute Gasteiger partial charge is 0.497 e. The molecule has 3 aromatic rings. The van der Waals surface area contributed by atoms with Gasteiger partial charge in [-0.2, -0.15) is 0 Å². The Morgan fingerprint density at radius 3 is 2.75 bits per heavy atom. The Morgan fingerprint density at radius 2 is 2.04 bits per heavy atom. The summed E-state index contributed by atoms with van der Waals surface area (Å²) in [5.74, 6) is 1.20. The second-order valence-electron chi connectivity index (χ2n) is 6.18. The molecule has 0 N–H and O–H groups in total. The van der Waals surface area contributed by atoms with Crippen molar-refractivity contribution in [2.24, 2.45) is 7.05 Å². The molecule has 1 fully saturated rings. The second-order valence-corrected chi connectivity index (χ2v) is 6.18. The highest BCUT2D eigenvalue weighted by Crippen LogP contribution is 2.29. The fourth-order valence-electron chi connectivity index (χ4n) is 3.25. The number of pyridine rings is 1. The Hall–Kier alpha value is -2.82. The van der Waals surface area contributed by atoms with Gasteiger partial charge in [-0.1, -0.05) is 6.07 Å². The van der Waals surface area contributed by atoms with Crippen molar-refractivity contribution in [3.8, 4) is 5.75 Å². The average molecular weight is 321 g/mol. The Balaban J connectivity index is 1.55. The van der Waals surface area contributed by atoms with Crippen LogP contribution in [0.25, 0.3) is 10.9 Å². The molecule has 24 heavy (non-hydrogen) atoms. The summed E-state index contributed by atoms with van der Waals surface area (Å²) >= 11 is 0. The molecular formula is C19H19N3O2. The smallest absolute Gasteiger partial charge is 0.270 e. The number of hydrogen-bond donors (Lipinski definition) is 0. The molecular weight excluding hydrogens is 302 g/mol. The molecule has 1 aromatic carbocycles. The van der Waals surface area contributed by atoms with E-state index in [0.717, 1.165) is 35.4 Å². The summed E-state index contributed by atoms with van der Waals surface area (Å²) in [5, 5.41) is 1.04. The molecule has 0 aliphatic carbocycles. The Kier molecular flexibility index (Phi) is 3.49. The summed E-state index contributed by atoms with van der Waals surface area (Å²) in [7, 11) is 3.57. The molecule has 0 saturated carbocycles. The van der Waals surface area contributed by atoms with Gasteiger partial charge in [0, 0.05) is 49.4 Å². The van der Waals surface area contributed by atoms with Crippen molar-refractivity contribution in [2.45, 2.75) is 5.92 Å². The monoisotopic (exact) mass is 321 g/mol. The topological polar surface area (TPSA) is 47.4 Å². The molecule has 0 bridgehead atoms. The maximum absolute atomic E-state index is 12.8. The SMILES string of the molecule is COc1ccc2cc(C(=O)N3CC(c4ccccn4)C3)n(C)c2c1. The molecule has 0 radical (unpaired) electrons. The maximum atomic E-state index is 12.8. The van der Waals surface area contributed by atoms with E-state index >= 15 is 0 Å². The first kappa shape index (κ1) is 14.8. The van der Waals surface area contributed by atoms with Crippen LogP contribution in [0.2, 0.25) is 0 Å². The predicted molar refractivity (Wildman–Crippen MR) is 92.4 cm³/mol. The van der Waals surface area contributed by atoms with Crippen LogP contribution in [0.4, 0.5) is 0 Å². The van der Waals surface area contributed by atoms with Gasteiger partial charge in [-0.25, -0.2) is 0 Å². The number of ether oxygens (including phenoxy) is 1. The minimum atomic E-state index is 0.0693. The fraction of sp³-hybridized carbons (Fsp3) is 0.263. The van der Waals surface area contributed by atoms with Crippen LogP contribution < -0.4 is 4.74 Å². The number of nitrogens with zero attached hydrogens (tertiary/aromatic N) is 3. The number of carbonyl (C=O) groups excluding carboxylic acids is 1. The summed E-state index contributed by atoms with van der Waals surface area (Å²) in [4.78, 5) is 19.1. The van der Waals surface area contributed by atoms with Crippen LogP contribution >= 0.6 is 0 Å². The number of carbonyl (C=O) groups is 1. The van der Waals surface area contributed by atoms with E-state index in [9.17, 15) is 4.79 Å². The van der Waals surface area contributed by atoms with Crippen molar-refractivity contribution in [3.05, 3.63) is 60.0 Å². The number of aromatic nitrogens is 2. The quantitative estimate of drug-likeness (QED) is 0.745. The number of benzene rings is 1. The van der Waals surface area contributed by atoms with E-state index in [4.69, 9.17) is 4.74 Å². The highest BCUT2D eigenvalue weighted by molar-refractivity contribution is 5.99. The van der Waals surface area contributed by atoms with Crippen LogP contribution in [-0.2, 0) is 7.05 Å². The van der Waals surface area contributed by atoms with E-state index in [1.54, 1.807) is 13.3 Å². The third kappa shape index (κ3) is 2.33. The van der Waals surface area contributed by atoms with Crippen molar-refractivity contribution in [1.29, 1.82) is 0 Å². The van der Waals surface area contributed by atoms with Gasteiger partial charge in [0.1, 0.15) is 11.4 Å². The van der Waals surface area contributed by atoms with Crippen LogP contribution in [0.1, 0.15) is 22.1 Å². The van der Waals surface area contributed by atoms with Gasteiger partial charge >= 0.3 is 0 Å². The zero-order chi connectivity index (χ0) is 16.7. The molecule has 0 spiro atoms. The minimum Gasteiger partial charge on any atom is -0.497 e. The van der Waals surface area contributed by atoms with Crippen molar-refractivity contribution in [2.75, 3.05) is 20.2 Å². The lowest BCUT2D eigenvalue weighted by Gasteiger charge is -2.38. The molecule has 3 heterocycles. The lowest BCUT2D eigenvalue weighted by molar-refractivity contribution is 0.0589. The summed E-state index contributed by atoms with van der Waals surface area (Å²) < 4.78 is 7.21. The number of aryl methyl sites for hydroxylation is 1. The van der Waals surface area contributed by atoms with E-state index < -0.39 is 0 Å². The Labute approximate surface area is 140 Å². The van der Waals surface area contributed by atoms with Crippen LogP contribution in [0.3, 0.4) is 0 Å². The van der Waals surface area contributed by atoms with Crippen molar-refractivity contribution >= 4 is 16.8 Å². The zero-order valence-corrected chi connectivity index (χ0v) is 13.8. The van der Waals surface area contributed by atoms with E-state index in [2.05, 4.69) is 4.98 Å². The normalized spacial score (nSPS) is 14.7. The van der Waals surface area contributed by atoms with Gasteiger partial charge in [0.2, 0.25) is 0 Å². The lowest BCUT2D eigenvalue weighted by Crippen LogP contribution is -2.49. The number of rotatable bonds is 3. The number of amides is 1. The van der Waals surface area contributed by atoms with Gasteiger partial charge in [0.25, 0.3) is 5.91 Å². The van der Waals surface area contributed by atoms with E-state index in [0.29, 0.717) is 11.6 Å². The minimum absolute atomic E-state index is 0.0693. The first-order chi connectivity index (χ1) is 11.7. The van der Waals surface area contributed by atoms with E-state index in [1.807, 2.05) is 59.0 Å². The van der Waals surface area contributed by atoms with Crippen LogP contribution in [0.5, 0.6) is 5.75 Å². The molecule has 1 aliphatic heterocycles. The van der Waals surface area contributed by atoms with Crippen LogP contribution in [-0.4, -0.2) is 40.6 Å². The van der Waals surface area contributed by atoms with Crippen molar-refractivity contribution in [1.82, 2.24) is 14.5 Å².